The van der Waals surface area contributed by atoms with Crippen LogP contribution in [0.25, 0.3) is 27.5 Å². The second-order valence-electron chi connectivity index (χ2n) is 12.0. The van der Waals surface area contributed by atoms with Crippen molar-refractivity contribution in [1.29, 1.82) is 0 Å². The smallest absolute Gasteiger partial charge is 0.251 e. The molecule has 0 radical (unpaired) electrons. The standard InChI is InChI=1S/C32H38N8O2S/c1-4-37(5-2)20(3)16-33-31(41)21-14-26(24-17-34-40-11-8-25(36-30(24)40)28-7-6-12-43-28)35-29(15-21)39-10-9-27(39)32(42)38-18-22-13-23(22)19-38/h6-8,11-12,14-15,17,20,22-23,27H,4-5,9-10,13,16,18-19H2,1-3H3,(H,33,41)/t20-,22?,23?,27-/m0/s1. The molecule has 2 aliphatic heterocycles. The van der Waals surface area contributed by atoms with Gasteiger partial charge in [-0.15, -0.1) is 11.3 Å². The van der Waals surface area contributed by atoms with Gasteiger partial charge in [0.05, 0.1) is 28.0 Å². The number of aromatic nitrogens is 4. The maximum Gasteiger partial charge on any atom is 0.251 e. The Kier molecular flexibility index (Phi) is 7.38. The van der Waals surface area contributed by atoms with Crippen LogP contribution in [0.1, 0.15) is 44.0 Å². The van der Waals surface area contributed by atoms with Crippen molar-refractivity contribution in [1.82, 2.24) is 34.7 Å². The van der Waals surface area contributed by atoms with Crippen molar-refractivity contribution in [2.24, 2.45) is 11.8 Å². The molecule has 7 rings (SSSR count). The summed E-state index contributed by atoms with van der Waals surface area (Å²) in [7, 11) is 0. The van der Waals surface area contributed by atoms with Crippen LogP contribution in [-0.2, 0) is 4.79 Å². The highest BCUT2D eigenvalue weighted by Crippen LogP contribution is 2.45. The summed E-state index contributed by atoms with van der Waals surface area (Å²) in [6.07, 6.45) is 5.71. The van der Waals surface area contributed by atoms with Gasteiger partial charge >= 0.3 is 0 Å². The molecule has 3 fully saturated rings. The number of fused-ring (bicyclic) bond motifs is 2. The van der Waals surface area contributed by atoms with Gasteiger partial charge in [-0.2, -0.15) is 5.10 Å². The zero-order chi connectivity index (χ0) is 29.7. The van der Waals surface area contributed by atoms with E-state index in [2.05, 4.69) is 41.0 Å². The largest absolute Gasteiger partial charge is 0.350 e. The van der Waals surface area contributed by atoms with Crippen LogP contribution in [0, 0.1) is 11.8 Å². The van der Waals surface area contributed by atoms with Crippen molar-refractivity contribution in [3.63, 3.8) is 0 Å². The molecule has 2 unspecified atom stereocenters. The van der Waals surface area contributed by atoms with Gasteiger partial charge in [-0.05, 0) is 74.3 Å². The predicted octanol–water partition coefficient (Wildman–Crippen LogP) is 4.04. The molecule has 10 nitrogen and oxygen atoms in total. The van der Waals surface area contributed by atoms with Gasteiger partial charge in [0, 0.05) is 44.0 Å². The lowest BCUT2D eigenvalue weighted by atomic mass is 10.0. The van der Waals surface area contributed by atoms with Crippen LogP contribution in [0.15, 0.2) is 48.1 Å². The Bertz CT molecular complexity index is 1640. The minimum Gasteiger partial charge on any atom is -0.350 e. The molecule has 11 heteroatoms. The van der Waals surface area contributed by atoms with Crippen molar-refractivity contribution in [3.8, 4) is 21.8 Å². The quantitative estimate of drug-likeness (QED) is 0.294. The summed E-state index contributed by atoms with van der Waals surface area (Å²) < 4.78 is 1.74. The minimum atomic E-state index is -0.244. The molecule has 1 saturated carbocycles. The monoisotopic (exact) mass is 598 g/mol. The number of amides is 2. The molecule has 0 aromatic carbocycles. The number of thiophene rings is 1. The number of pyridine rings is 1. The highest BCUT2D eigenvalue weighted by atomic mass is 32.1. The molecule has 4 atom stereocenters. The van der Waals surface area contributed by atoms with Gasteiger partial charge in [-0.25, -0.2) is 14.5 Å². The fourth-order valence-corrected chi connectivity index (χ4v) is 7.26. The van der Waals surface area contributed by atoms with Crippen LogP contribution in [0.2, 0.25) is 0 Å². The Balaban J connectivity index is 1.22. The van der Waals surface area contributed by atoms with E-state index >= 15 is 0 Å². The second-order valence-corrected chi connectivity index (χ2v) is 12.9. The number of anilines is 1. The third kappa shape index (κ3) is 5.29. The zero-order valence-corrected chi connectivity index (χ0v) is 25.8. The molecule has 0 bridgehead atoms. The van der Waals surface area contributed by atoms with Gasteiger partial charge in [-0.3, -0.25) is 14.5 Å². The van der Waals surface area contributed by atoms with Gasteiger partial charge in [0.15, 0.2) is 5.65 Å². The Morgan fingerprint density at radius 1 is 1.12 bits per heavy atom. The molecule has 3 aliphatic rings. The SMILES string of the molecule is CCN(CC)[C@@H](C)CNC(=O)c1cc(-c2cnn3ccc(-c4cccs4)nc23)nc(N2CC[C@H]2C(=O)N2CC3CC3C2)c1. The molecular formula is C32H38N8O2S. The topological polar surface area (TPSA) is 99.0 Å². The average Bonchev–Trinajstić information content (AvgIpc) is 3.42. The van der Waals surface area contributed by atoms with Crippen LogP contribution in [-0.4, -0.2) is 92.5 Å². The lowest BCUT2D eigenvalue weighted by Gasteiger charge is -2.42. The van der Waals surface area contributed by atoms with E-state index in [4.69, 9.17) is 9.97 Å². The summed E-state index contributed by atoms with van der Waals surface area (Å²) in [5, 5.41) is 9.71. The molecule has 4 aromatic heterocycles. The Hall–Kier alpha value is -3.83. The number of nitrogens with one attached hydrogen (secondary N) is 1. The third-order valence-electron chi connectivity index (χ3n) is 9.38. The van der Waals surface area contributed by atoms with E-state index in [0.717, 1.165) is 55.3 Å². The van der Waals surface area contributed by atoms with E-state index in [0.29, 0.717) is 41.1 Å². The van der Waals surface area contributed by atoms with Crippen molar-refractivity contribution in [2.45, 2.75) is 45.7 Å². The number of hydrogen-bond donors (Lipinski definition) is 1. The zero-order valence-electron chi connectivity index (χ0n) is 24.9. The van der Waals surface area contributed by atoms with Crippen LogP contribution >= 0.6 is 11.3 Å². The molecule has 1 N–H and O–H groups in total. The molecule has 0 spiro atoms. The molecule has 4 aromatic rings. The molecule has 2 saturated heterocycles. The van der Waals surface area contributed by atoms with Gasteiger partial charge in [0.2, 0.25) is 5.91 Å². The summed E-state index contributed by atoms with van der Waals surface area (Å²) in [5.74, 6) is 2.05. The lowest BCUT2D eigenvalue weighted by molar-refractivity contribution is -0.133. The Morgan fingerprint density at radius 3 is 2.63 bits per heavy atom. The van der Waals surface area contributed by atoms with Crippen molar-refractivity contribution in [2.75, 3.05) is 44.2 Å². The Labute approximate surface area is 255 Å². The van der Waals surface area contributed by atoms with Crippen LogP contribution in [0.3, 0.4) is 0 Å². The van der Waals surface area contributed by atoms with Gasteiger partial charge < -0.3 is 15.1 Å². The first-order valence-corrected chi connectivity index (χ1v) is 16.3. The molecule has 224 valence electrons. The fraction of sp³-hybridized carbons (Fsp3) is 0.469. The van der Waals surface area contributed by atoms with E-state index in [-0.39, 0.29) is 23.9 Å². The lowest BCUT2D eigenvalue weighted by Crippen LogP contribution is -2.57. The Morgan fingerprint density at radius 2 is 1.93 bits per heavy atom. The summed E-state index contributed by atoms with van der Waals surface area (Å²) in [6, 6.07) is 9.63. The highest BCUT2D eigenvalue weighted by Gasteiger charge is 2.49. The van der Waals surface area contributed by atoms with E-state index < -0.39 is 0 Å². The number of likely N-dealkylation sites (tertiary alicyclic amines) is 1. The van der Waals surface area contributed by atoms with Gasteiger partial charge in [0.25, 0.3) is 5.91 Å². The van der Waals surface area contributed by atoms with E-state index in [1.54, 1.807) is 22.0 Å². The van der Waals surface area contributed by atoms with Crippen molar-refractivity contribution < 1.29 is 9.59 Å². The van der Waals surface area contributed by atoms with Crippen LogP contribution < -0.4 is 10.2 Å². The van der Waals surface area contributed by atoms with Gasteiger partial charge in [0.1, 0.15) is 11.9 Å². The first-order valence-electron chi connectivity index (χ1n) is 15.4. The molecular weight excluding hydrogens is 560 g/mol. The average molecular weight is 599 g/mol. The number of rotatable bonds is 10. The predicted molar refractivity (Wildman–Crippen MR) is 168 cm³/mol. The molecule has 2 amide bonds. The number of hydrogen-bond acceptors (Lipinski definition) is 8. The van der Waals surface area contributed by atoms with Gasteiger partial charge in [-0.1, -0.05) is 19.9 Å². The van der Waals surface area contributed by atoms with E-state index in [9.17, 15) is 9.59 Å². The number of likely N-dealkylation sites (N-methyl/N-ethyl adjacent to an activating group) is 1. The third-order valence-corrected chi connectivity index (χ3v) is 10.3. The van der Waals surface area contributed by atoms with Crippen molar-refractivity contribution >= 4 is 34.6 Å². The fourth-order valence-electron chi connectivity index (χ4n) is 6.57. The molecule has 1 aliphatic carbocycles. The minimum absolute atomic E-state index is 0.157. The highest BCUT2D eigenvalue weighted by molar-refractivity contribution is 7.13. The van der Waals surface area contributed by atoms with Crippen molar-refractivity contribution in [3.05, 3.63) is 53.7 Å². The molecule has 6 heterocycles. The van der Waals surface area contributed by atoms with Crippen LogP contribution in [0.4, 0.5) is 5.82 Å². The first-order chi connectivity index (χ1) is 20.9. The number of carbonyl (C=O) groups is 2. The molecule has 43 heavy (non-hydrogen) atoms. The number of piperidine rings is 1. The van der Waals surface area contributed by atoms with E-state index in [1.165, 1.54) is 6.42 Å². The van der Waals surface area contributed by atoms with E-state index in [1.807, 2.05) is 46.8 Å². The summed E-state index contributed by atoms with van der Waals surface area (Å²) in [6.45, 7) is 11.3. The second kappa shape index (κ2) is 11.3. The maximum absolute atomic E-state index is 13.6. The summed E-state index contributed by atoms with van der Waals surface area (Å²) in [5.41, 5.74) is 3.41. The first kappa shape index (κ1) is 28.0. The number of nitrogens with zero attached hydrogens (tertiary/aromatic N) is 7. The number of carbonyl (C=O) groups excluding carboxylic acids is 2. The van der Waals surface area contributed by atoms with Crippen LogP contribution in [0.5, 0.6) is 0 Å². The summed E-state index contributed by atoms with van der Waals surface area (Å²) in [4.78, 5) is 44.5. The normalized spacial score (nSPS) is 21.6. The maximum atomic E-state index is 13.6. The summed E-state index contributed by atoms with van der Waals surface area (Å²) >= 11 is 1.63.